The van der Waals surface area contributed by atoms with Crippen LogP contribution in [0.5, 0.6) is 0 Å². The summed E-state index contributed by atoms with van der Waals surface area (Å²) in [6, 6.07) is 8.25. The highest BCUT2D eigenvalue weighted by Crippen LogP contribution is 2.13. The summed E-state index contributed by atoms with van der Waals surface area (Å²) >= 11 is 0. The molecule has 0 heterocycles. The number of nitriles is 2. The third-order valence-corrected chi connectivity index (χ3v) is 2.63. The minimum atomic E-state index is -0.580. The lowest BCUT2D eigenvalue weighted by Crippen LogP contribution is -2.33. The Bertz CT molecular complexity index is 525. The van der Waals surface area contributed by atoms with E-state index in [1.807, 2.05) is 12.1 Å². The highest BCUT2D eigenvalue weighted by Gasteiger charge is 2.18. The Labute approximate surface area is 111 Å². The van der Waals surface area contributed by atoms with Gasteiger partial charge in [-0.05, 0) is 24.6 Å². The van der Waals surface area contributed by atoms with Crippen LogP contribution in [0.15, 0.2) is 18.2 Å². The molecule has 1 aromatic rings. The van der Waals surface area contributed by atoms with Crippen LogP contribution in [0.4, 0.5) is 4.39 Å². The summed E-state index contributed by atoms with van der Waals surface area (Å²) in [5, 5.41) is 17.1. The minimum Gasteiger partial charge on any atom is -0.336 e. The van der Waals surface area contributed by atoms with E-state index in [-0.39, 0.29) is 31.5 Å². The van der Waals surface area contributed by atoms with Gasteiger partial charge in [0.05, 0.1) is 30.5 Å². The van der Waals surface area contributed by atoms with Crippen LogP contribution in [0.3, 0.4) is 0 Å². The average molecular weight is 259 g/mol. The van der Waals surface area contributed by atoms with E-state index >= 15 is 0 Å². The van der Waals surface area contributed by atoms with E-state index in [9.17, 15) is 9.18 Å². The number of aryl methyl sites for hydroxylation is 1. The van der Waals surface area contributed by atoms with E-state index in [1.165, 1.54) is 17.0 Å². The Hall–Kier alpha value is -2.40. The van der Waals surface area contributed by atoms with Crippen molar-refractivity contribution in [3.8, 4) is 12.1 Å². The van der Waals surface area contributed by atoms with E-state index in [4.69, 9.17) is 10.5 Å². The zero-order valence-corrected chi connectivity index (χ0v) is 10.7. The lowest BCUT2D eigenvalue weighted by atomic mass is 10.1. The van der Waals surface area contributed by atoms with Crippen LogP contribution >= 0.6 is 0 Å². The summed E-state index contributed by atoms with van der Waals surface area (Å²) in [5.74, 6) is -1.06. The van der Waals surface area contributed by atoms with Crippen LogP contribution in [-0.2, 0) is 0 Å². The van der Waals surface area contributed by atoms with Gasteiger partial charge in [0, 0.05) is 13.1 Å². The van der Waals surface area contributed by atoms with E-state index in [0.29, 0.717) is 0 Å². The second kappa shape index (κ2) is 7.13. The lowest BCUT2D eigenvalue weighted by molar-refractivity contribution is 0.0758. The van der Waals surface area contributed by atoms with Crippen molar-refractivity contribution in [2.24, 2.45) is 0 Å². The quantitative estimate of drug-likeness (QED) is 0.815. The molecule has 0 fully saturated rings. The molecular weight excluding hydrogens is 245 g/mol. The van der Waals surface area contributed by atoms with Gasteiger partial charge in [-0.15, -0.1) is 0 Å². The van der Waals surface area contributed by atoms with Crippen molar-refractivity contribution < 1.29 is 9.18 Å². The molecule has 0 radical (unpaired) electrons. The van der Waals surface area contributed by atoms with Gasteiger partial charge in [0.2, 0.25) is 0 Å². The van der Waals surface area contributed by atoms with Crippen molar-refractivity contribution in [1.29, 1.82) is 10.5 Å². The van der Waals surface area contributed by atoms with Crippen LogP contribution in [0, 0.1) is 35.4 Å². The second-order valence-electron chi connectivity index (χ2n) is 4.09. The van der Waals surface area contributed by atoms with Gasteiger partial charge < -0.3 is 4.90 Å². The van der Waals surface area contributed by atoms with E-state index in [2.05, 4.69) is 0 Å². The molecule has 0 bridgehead atoms. The van der Waals surface area contributed by atoms with Gasteiger partial charge in [0.1, 0.15) is 5.82 Å². The summed E-state index contributed by atoms with van der Waals surface area (Å²) in [5.41, 5.74) is 0.705. The highest BCUT2D eigenvalue weighted by molar-refractivity contribution is 5.94. The third kappa shape index (κ3) is 4.08. The fraction of sp³-hybridized carbons (Fsp3) is 0.357. The first-order chi connectivity index (χ1) is 9.10. The highest BCUT2D eigenvalue weighted by atomic mass is 19.1. The Morgan fingerprint density at radius 3 is 2.32 bits per heavy atom. The minimum absolute atomic E-state index is 0.0264. The predicted molar refractivity (Wildman–Crippen MR) is 67.5 cm³/mol. The fourth-order valence-corrected chi connectivity index (χ4v) is 1.65. The maximum Gasteiger partial charge on any atom is 0.256 e. The van der Waals surface area contributed by atoms with Gasteiger partial charge in [-0.2, -0.15) is 10.5 Å². The van der Waals surface area contributed by atoms with Gasteiger partial charge in [0.15, 0.2) is 0 Å². The van der Waals surface area contributed by atoms with Gasteiger partial charge in [-0.3, -0.25) is 4.79 Å². The number of hydrogen-bond donors (Lipinski definition) is 0. The molecule has 0 unspecified atom stereocenters. The average Bonchev–Trinajstić information content (AvgIpc) is 2.38. The van der Waals surface area contributed by atoms with E-state index < -0.39 is 11.7 Å². The van der Waals surface area contributed by atoms with Gasteiger partial charge >= 0.3 is 0 Å². The van der Waals surface area contributed by atoms with Gasteiger partial charge in [-0.1, -0.05) is 6.07 Å². The number of benzene rings is 1. The van der Waals surface area contributed by atoms with Crippen LogP contribution in [-0.4, -0.2) is 23.9 Å². The molecule has 0 N–H and O–H groups in total. The number of hydrogen-bond acceptors (Lipinski definition) is 3. The molecule has 0 aliphatic carbocycles. The van der Waals surface area contributed by atoms with Crippen molar-refractivity contribution in [3.63, 3.8) is 0 Å². The standard InChI is InChI=1S/C14H14FN3O/c1-11-4-5-12(13(15)10-11)14(19)18(8-2-6-16)9-3-7-17/h4-5,10H,2-3,8-9H2,1H3. The number of carbonyl (C=O) groups is 1. The first-order valence-electron chi connectivity index (χ1n) is 5.89. The Balaban J connectivity index is 2.91. The van der Waals surface area contributed by atoms with Gasteiger partial charge in [-0.25, -0.2) is 4.39 Å². The van der Waals surface area contributed by atoms with Crippen molar-refractivity contribution in [2.75, 3.05) is 13.1 Å². The molecule has 98 valence electrons. The SMILES string of the molecule is Cc1ccc(C(=O)N(CCC#N)CCC#N)c(F)c1. The van der Waals surface area contributed by atoms with Crippen LogP contribution < -0.4 is 0 Å². The Morgan fingerprint density at radius 2 is 1.84 bits per heavy atom. The summed E-state index contributed by atoms with van der Waals surface area (Å²) in [4.78, 5) is 13.5. The normalized spacial score (nSPS) is 9.47. The maximum atomic E-state index is 13.7. The third-order valence-electron chi connectivity index (χ3n) is 2.63. The number of amides is 1. The van der Waals surface area contributed by atoms with Gasteiger partial charge in [0.25, 0.3) is 5.91 Å². The number of nitrogens with zero attached hydrogens (tertiary/aromatic N) is 3. The largest absolute Gasteiger partial charge is 0.336 e. The monoisotopic (exact) mass is 259 g/mol. The molecule has 0 aliphatic rings. The lowest BCUT2D eigenvalue weighted by Gasteiger charge is -2.20. The molecule has 0 aliphatic heterocycles. The molecule has 19 heavy (non-hydrogen) atoms. The van der Waals surface area contributed by atoms with Crippen molar-refractivity contribution in [2.45, 2.75) is 19.8 Å². The molecule has 0 aromatic heterocycles. The number of rotatable bonds is 5. The summed E-state index contributed by atoms with van der Waals surface area (Å²) < 4.78 is 13.7. The Kier molecular flexibility index (Phi) is 5.50. The van der Waals surface area contributed by atoms with E-state index in [0.717, 1.165) is 5.56 Å². The van der Waals surface area contributed by atoms with Crippen molar-refractivity contribution in [3.05, 3.63) is 35.1 Å². The molecule has 1 rings (SSSR count). The summed E-state index contributed by atoms with van der Waals surface area (Å²) in [6.45, 7) is 2.13. The fourth-order valence-electron chi connectivity index (χ4n) is 1.65. The molecule has 0 saturated heterocycles. The molecule has 1 aromatic carbocycles. The molecule has 4 nitrogen and oxygen atoms in total. The molecule has 5 heteroatoms. The molecule has 0 spiro atoms. The van der Waals surface area contributed by atoms with Crippen LogP contribution in [0.1, 0.15) is 28.8 Å². The van der Waals surface area contributed by atoms with Crippen LogP contribution in [0.2, 0.25) is 0 Å². The summed E-state index contributed by atoms with van der Waals surface area (Å²) in [7, 11) is 0. The molecule has 1 amide bonds. The first kappa shape index (κ1) is 14.7. The second-order valence-corrected chi connectivity index (χ2v) is 4.09. The zero-order chi connectivity index (χ0) is 14.3. The number of halogens is 1. The smallest absolute Gasteiger partial charge is 0.256 e. The Morgan fingerprint density at radius 1 is 1.26 bits per heavy atom. The first-order valence-corrected chi connectivity index (χ1v) is 5.89. The van der Waals surface area contributed by atoms with Crippen LogP contribution in [0.25, 0.3) is 0 Å². The number of carbonyl (C=O) groups excluding carboxylic acids is 1. The zero-order valence-electron chi connectivity index (χ0n) is 10.7. The predicted octanol–water partition coefficient (Wildman–Crippen LogP) is 2.40. The van der Waals surface area contributed by atoms with E-state index in [1.54, 1.807) is 13.0 Å². The topological polar surface area (TPSA) is 67.9 Å². The molecular formula is C14H14FN3O. The molecule has 0 atom stereocenters. The molecule has 0 saturated carbocycles. The van der Waals surface area contributed by atoms with Crippen molar-refractivity contribution in [1.82, 2.24) is 4.90 Å². The summed E-state index contributed by atoms with van der Waals surface area (Å²) in [6.07, 6.45) is 0.315. The maximum absolute atomic E-state index is 13.7. The van der Waals surface area contributed by atoms with Crippen molar-refractivity contribution >= 4 is 5.91 Å².